The standard InChI is InChI=1S/C22H22F2N4O4/c1-31-18-12-25-11-16(26-18)20(29)27-6-4-22(5-7-27)21(30)28-17(2-3-19(28)32-22)13-8-14(23)10-15(24)9-13/h8-12,17,19H,2-7H2,1H3. The molecule has 8 nitrogen and oxygen atoms in total. The highest BCUT2D eigenvalue weighted by molar-refractivity contribution is 5.93. The van der Waals surface area contributed by atoms with Crippen molar-refractivity contribution in [3.05, 3.63) is 53.5 Å². The Hall–Kier alpha value is -3.14. The molecule has 2 aromatic rings. The maximum absolute atomic E-state index is 13.7. The molecule has 0 radical (unpaired) electrons. The van der Waals surface area contributed by atoms with E-state index in [9.17, 15) is 18.4 Å². The number of methoxy groups -OCH3 is 1. The number of piperidine rings is 1. The van der Waals surface area contributed by atoms with Crippen LogP contribution < -0.4 is 4.74 Å². The number of carbonyl (C=O) groups excluding carboxylic acids is 2. The Bertz CT molecular complexity index is 1050. The monoisotopic (exact) mass is 444 g/mol. The van der Waals surface area contributed by atoms with E-state index in [4.69, 9.17) is 9.47 Å². The Labute approximate surface area is 183 Å². The summed E-state index contributed by atoms with van der Waals surface area (Å²) in [5, 5.41) is 0. The molecule has 3 saturated heterocycles. The molecule has 0 bridgehead atoms. The molecule has 4 heterocycles. The summed E-state index contributed by atoms with van der Waals surface area (Å²) in [7, 11) is 1.45. The normalized spacial score (nSPS) is 24.2. The van der Waals surface area contributed by atoms with Gasteiger partial charge in [0.1, 0.15) is 17.9 Å². The number of hydrogen-bond donors (Lipinski definition) is 0. The van der Waals surface area contributed by atoms with E-state index in [1.165, 1.54) is 31.6 Å². The first-order chi connectivity index (χ1) is 15.4. The van der Waals surface area contributed by atoms with Crippen LogP contribution >= 0.6 is 0 Å². The molecule has 5 rings (SSSR count). The minimum Gasteiger partial charge on any atom is -0.480 e. The second-order valence-corrected chi connectivity index (χ2v) is 8.31. The molecular formula is C22H22F2N4O4. The molecule has 2 unspecified atom stereocenters. The summed E-state index contributed by atoms with van der Waals surface area (Å²) >= 11 is 0. The Balaban J connectivity index is 1.30. The largest absolute Gasteiger partial charge is 0.480 e. The topological polar surface area (TPSA) is 84.9 Å². The summed E-state index contributed by atoms with van der Waals surface area (Å²) in [4.78, 5) is 37.6. The van der Waals surface area contributed by atoms with Crippen LogP contribution in [0.2, 0.25) is 0 Å². The summed E-state index contributed by atoms with van der Waals surface area (Å²) in [6, 6.07) is 2.93. The van der Waals surface area contributed by atoms with E-state index in [0.29, 0.717) is 44.3 Å². The van der Waals surface area contributed by atoms with Crippen molar-refractivity contribution in [3.8, 4) is 5.88 Å². The number of aromatic nitrogens is 2. The fourth-order valence-electron chi connectivity index (χ4n) is 4.92. The number of carbonyl (C=O) groups is 2. The van der Waals surface area contributed by atoms with E-state index in [1.54, 1.807) is 9.80 Å². The molecule has 168 valence electrons. The zero-order valence-corrected chi connectivity index (χ0v) is 17.5. The van der Waals surface area contributed by atoms with Gasteiger partial charge in [-0.05, 0) is 30.5 Å². The molecule has 3 aliphatic heterocycles. The predicted octanol–water partition coefficient (Wildman–Crippen LogP) is 2.46. The number of nitrogens with zero attached hydrogens (tertiary/aromatic N) is 4. The van der Waals surface area contributed by atoms with Crippen molar-refractivity contribution >= 4 is 11.8 Å². The Morgan fingerprint density at radius 1 is 1.16 bits per heavy atom. The van der Waals surface area contributed by atoms with Crippen LogP contribution in [0.5, 0.6) is 5.88 Å². The van der Waals surface area contributed by atoms with Gasteiger partial charge in [-0.25, -0.2) is 13.8 Å². The van der Waals surface area contributed by atoms with E-state index in [-0.39, 0.29) is 23.4 Å². The fraction of sp³-hybridized carbons (Fsp3) is 0.455. The SMILES string of the molecule is COc1cncc(C(=O)N2CCC3(CC2)OC2CCC(c4cc(F)cc(F)c4)N2C3=O)n1. The van der Waals surface area contributed by atoms with Crippen molar-refractivity contribution in [1.82, 2.24) is 19.8 Å². The van der Waals surface area contributed by atoms with Gasteiger partial charge in [0, 0.05) is 32.0 Å². The zero-order chi connectivity index (χ0) is 22.5. The lowest BCUT2D eigenvalue weighted by molar-refractivity contribution is -0.142. The van der Waals surface area contributed by atoms with Crippen LogP contribution in [-0.2, 0) is 9.53 Å². The van der Waals surface area contributed by atoms with Crippen LogP contribution in [0.1, 0.15) is 47.8 Å². The molecule has 2 amide bonds. The van der Waals surface area contributed by atoms with Crippen molar-refractivity contribution < 1.29 is 27.8 Å². The van der Waals surface area contributed by atoms with Gasteiger partial charge in [-0.1, -0.05) is 0 Å². The first kappa shape index (κ1) is 20.7. The Morgan fingerprint density at radius 3 is 2.56 bits per heavy atom. The smallest absolute Gasteiger partial charge is 0.274 e. The summed E-state index contributed by atoms with van der Waals surface area (Å²) < 4.78 is 38.7. The van der Waals surface area contributed by atoms with Gasteiger partial charge in [-0.3, -0.25) is 14.6 Å². The molecule has 3 aliphatic rings. The van der Waals surface area contributed by atoms with Gasteiger partial charge in [-0.2, -0.15) is 0 Å². The van der Waals surface area contributed by atoms with Crippen LogP contribution in [-0.4, -0.2) is 63.6 Å². The average Bonchev–Trinajstić information content (AvgIpc) is 3.31. The highest BCUT2D eigenvalue weighted by atomic mass is 19.1. The number of likely N-dealkylation sites (tertiary alicyclic amines) is 1. The van der Waals surface area contributed by atoms with Crippen LogP contribution in [0, 0.1) is 11.6 Å². The van der Waals surface area contributed by atoms with E-state index < -0.39 is 29.5 Å². The molecule has 10 heteroatoms. The van der Waals surface area contributed by atoms with Gasteiger partial charge >= 0.3 is 0 Å². The Morgan fingerprint density at radius 2 is 1.88 bits per heavy atom. The molecule has 32 heavy (non-hydrogen) atoms. The molecule has 0 N–H and O–H groups in total. The molecule has 0 aliphatic carbocycles. The van der Waals surface area contributed by atoms with E-state index in [2.05, 4.69) is 9.97 Å². The van der Waals surface area contributed by atoms with Crippen molar-refractivity contribution in [1.29, 1.82) is 0 Å². The molecular weight excluding hydrogens is 422 g/mol. The van der Waals surface area contributed by atoms with E-state index in [1.807, 2.05) is 0 Å². The highest BCUT2D eigenvalue weighted by Crippen LogP contribution is 2.47. The lowest BCUT2D eigenvalue weighted by Crippen LogP contribution is -2.51. The quantitative estimate of drug-likeness (QED) is 0.723. The number of hydrogen-bond acceptors (Lipinski definition) is 6. The predicted molar refractivity (Wildman–Crippen MR) is 107 cm³/mol. The van der Waals surface area contributed by atoms with Gasteiger partial charge in [0.15, 0.2) is 11.3 Å². The number of benzene rings is 1. The van der Waals surface area contributed by atoms with Crippen LogP contribution in [0.15, 0.2) is 30.6 Å². The van der Waals surface area contributed by atoms with Crippen LogP contribution in [0.3, 0.4) is 0 Å². The number of ether oxygens (including phenoxy) is 2. The molecule has 1 aromatic heterocycles. The third-order valence-corrected chi connectivity index (χ3v) is 6.49. The van der Waals surface area contributed by atoms with Gasteiger partial charge in [0.05, 0.1) is 25.5 Å². The van der Waals surface area contributed by atoms with Gasteiger partial charge in [0.2, 0.25) is 5.88 Å². The van der Waals surface area contributed by atoms with Gasteiger partial charge in [-0.15, -0.1) is 0 Å². The van der Waals surface area contributed by atoms with Crippen LogP contribution in [0.25, 0.3) is 0 Å². The lowest BCUT2D eigenvalue weighted by Gasteiger charge is -2.37. The minimum atomic E-state index is -1.02. The summed E-state index contributed by atoms with van der Waals surface area (Å²) in [6.07, 6.45) is 4.22. The summed E-state index contributed by atoms with van der Waals surface area (Å²) in [5.74, 6) is -1.55. The second-order valence-electron chi connectivity index (χ2n) is 8.31. The highest BCUT2D eigenvalue weighted by Gasteiger charge is 2.58. The molecule has 0 saturated carbocycles. The minimum absolute atomic E-state index is 0.174. The summed E-state index contributed by atoms with van der Waals surface area (Å²) in [6.45, 7) is 0.645. The number of fused-ring (bicyclic) bond motifs is 1. The number of rotatable bonds is 3. The summed E-state index contributed by atoms with van der Waals surface area (Å²) in [5.41, 5.74) is -0.414. The maximum Gasteiger partial charge on any atom is 0.274 e. The Kier molecular flexibility index (Phi) is 5.04. The van der Waals surface area contributed by atoms with Crippen LogP contribution in [0.4, 0.5) is 8.78 Å². The number of halogens is 2. The van der Waals surface area contributed by atoms with Crippen molar-refractivity contribution in [2.45, 2.75) is 43.6 Å². The third-order valence-electron chi connectivity index (χ3n) is 6.49. The van der Waals surface area contributed by atoms with Crippen molar-refractivity contribution in [2.75, 3.05) is 20.2 Å². The van der Waals surface area contributed by atoms with E-state index in [0.717, 1.165) is 6.07 Å². The number of amides is 2. The molecule has 2 atom stereocenters. The molecule has 3 fully saturated rings. The average molecular weight is 444 g/mol. The van der Waals surface area contributed by atoms with Gasteiger partial charge in [0.25, 0.3) is 11.8 Å². The maximum atomic E-state index is 13.7. The lowest BCUT2D eigenvalue weighted by atomic mass is 9.89. The molecule has 1 aromatic carbocycles. The first-order valence-corrected chi connectivity index (χ1v) is 10.5. The van der Waals surface area contributed by atoms with Crippen molar-refractivity contribution in [2.24, 2.45) is 0 Å². The second kappa shape index (κ2) is 7.77. The third kappa shape index (κ3) is 3.38. The first-order valence-electron chi connectivity index (χ1n) is 10.5. The fourth-order valence-corrected chi connectivity index (χ4v) is 4.92. The van der Waals surface area contributed by atoms with E-state index >= 15 is 0 Å². The van der Waals surface area contributed by atoms with Crippen molar-refractivity contribution in [3.63, 3.8) is 0 Å². The zero-order valence-electron chi connectivity index (χ0n) is 17.5. The van der Waals surface area contributed by atoms with Gasteiger partial charge < -0.3 is 19.3 Å². The molecule has 1 spiro atoms.